The maximum atomic E-state index is 6.15. The summed E-state index contributed by atoms with van der Waals surface area (Å²) in [5.74, 6) is 0. The molecule has 0 atom stereocenters. The molecule has 0 bridgehead atoms. The van der Waals surface area contributed by atoms with Crippen molar-refractivity contribution in [3.63, 3.8) is 0 Å². The van der Waals surface area contributed by atoms with E-state index in [0.29, 0.717) is 21.1 Å². The van der Waals surface area contributed by atoms with Crippen LogP contribution in [-0.2, 0) is 0 Å². The Hall–Kier alpha value is -1.78. The minimum atomic E-state index is 0.497. The van der Waals surface area contributed by atoms with Crippen molar-refractivity contribution in [2.45, 2.75) is 6.92 Å². The standard InChI is InChI=1S/C13H9Cl2N3O/c1-7-2-3-8(14)11(6-7)16-10-5-4-9(15)12-13(10)18-19-17-12/h2-6,16H,1H3. The van der Waals surface area contributed by atoms with Gasteiger partial charge in [-0.2, -0.15) is 0 Å². The molecule has 0 saturated heterocycles. The van der Waals surface area contributed by atoms with E-state index in [9.17, 15) is 0 Å². The first-order chi connectivity index (χ1) is 9.15. The molecule has 3 aromatic rings. The highest BCUT2D eigenvalue weighted by Crippen LogP contribution is 2.32. The predicted molar refractivity (Wildman–Crippen MR) is 76.3 cm³/mol. The molecule has 2 aromatic carbocycles. The SMILES string of the molecule is Cc1ccc(Cl)c(Nc2ccc(Cl)c3nonc23)c1. The summed E-state index contributed by atoms with van der Waals surface area (Å²) in [5, 5.41) is 12.0. The smallest absolute Gasteiger partial charge is 0.160 e. The molecule has 6 heteroatoms. The number of aromatic nitrogens is 2. The zero-order valence-electron chi connectivity index (χ0n) is 9.95. The summed E-state index contributed by atoms with van der Waals surface area (Å²) in [4.78, 5) is 0. The maximum absolute atomic E-state index is 6.15. The van der Waals surface area contributed by atoms with Gasteiger partial charge >= 0.3 is 0 Å². The third kappa shape index (κ3) is 2.25. The third-order valence-electron chi connectivity index (χ3n) is 2.76. The number of halogens is 2. The Morgan fingerprint density at radius 1 is 0.947 bits per heavy atom. The van der Waals surface area contributed by atoms with Crippen LogP contribution in [0.2, 0.25) is 10.0 Å². The van der Waals surface area contributed by atoms with Gasteiger partial charge in [0.1, 0.15) is 0 Å². The molecular weight excluding hydrogens is 285 g/mol. The number of anilines is 2. The average Bonchev–Trinajstić information content (AvgIpc) is 2.87. The largest absolute Gasteiger partial charge is 0.352 e. The lowest BCUT2D eigenvalue weighted by molar-refractivity contribution is 0.315. The van der Waals surface area contributed by atoms with Crippen molar-refractivity contribution in [3.8, 4) is 0 Å². The van der Waals surface area contributed by atoms with E-state index in [-0.39, 0.29) is 0 Å². The van der Waals surface area contributed by atoms with Gasteiger partial charge in [0.05, 0.1) is 21.4 Å². The van der Waals surface area contributed by atoms with Gasteiger partial charge in [0, 0.05) is 0 Å². The summed E-state index contributed by atoms with van der Waals surface area (Å²) in [6, 6.07) is 9.29. The lowest BCUT2D eigenvalue weighted by atomic mass is 10.2. The molecule has 1 N–H and O–H groups in total. The predicted octanol–water partition coefficient (Wildman–Crippen LogP) is 4.58. The highest BCUT2D eigenvalue weighted by molar-refractivity contribution is 6.35. The Labute approximate surface area is 119 Å². The molecule has 0 unspecified atom stereocenters. The van der Waals surface area contributed by atoms with Crippen molar-refractivity contribution in [1.82, 2.24) is 10.3 Å². The normalized spacial score (nSPS) is 10.9. The lowest BCUT2D eigenvalue weighted by Crippen LogP contribution is -1.93. The summed E-state index contributed by atoms with van der Waals surface area (Å²) >= 11 is 12.2. The van der Waals surface area contributed by atoms with Gasteiger partial charge < -0.3 is 5.32 Å². The van der Waals surface area contributed by atoms with Gasteiger partial charge in [0.25, 0.3) is 0 Å². The molecule has 0 radical (unpaired) electrons. The first-order valence-electron chi connectivity index (χ1n) is 5.59. The summed E-state index contributed by atoms with van der Waals surface area (Å²) in [6.07, 6.45) is 0. The van der Waals surface area contributed by atoms with Crippen molar-refractivity contribution in [3.05, 3.63) is 45.9 Å². The van der Waals surface area contributed by atoms with Gasteiger partial charge in [-0.15, -0.1) is 0 Å². The molecule has 0 fully saturated rings. The Kier molecular flexibility index (Phi) is 3.05. The van der Waals surface area contributed by atoms with E-state index in [4.69, 9.17) is 27.8 Å². The van der Waals surface area contributed by atoms with Gasteiger partial charge in [-0.1, -0.05) is 29.3 Å². The van der Waals surface area contributed by atoms with Crippen LogP contribution in [0.5, 0.6) is 0 Å². The second kappa shape index (κ2) is 4.72. The quantitative estimate of drug-likeness (QED) is 0.751. The topological polar surface area (TPSA) is 51.0 Å². The van der Waals surface area contributed by atoms with Crippen molar-refractivity contribution in [1.29, 1.82) is 0 Å². The Morgan fingerprint density at radius 2 is 1.68 bits per heavy atom. The van der Waals surface area contributed by atoms with Gasteiger partial charge in [-0.25, -0.2) is 4.63 Å². The fraction of sp³-hybridized carbons (Fsp3) is 0.0769. The van der Waals surface area contributed by atoms with E-state index in [1.165, 1.54) is 0 Å². The molecule has 0 spiro atoms. The summed E-state index contributed by atoms with van der Waals surface area (Å²) in [7, 11) is 0. The number of nitrogens with one attached hydrogen (secondary N) is 1. The number of hydrogen-bond donors (Lipinski definition) is 1. The highest BCUT2D eigenvalue weighted by atomic mass is 35.5. The van der Waals surface area contributed by atoms with Crippen molar-refractivity contribution >= 4 is 45.6 Å². The van der Waals surface area contributed by atoms with Crippen molar-refractivity contribution in [2.75, 3.05) is 5.32 Å². The number of aryl methyl sites for hydroxylation is 1. The van der Waals surface area contributed by atoms with Crippen LogP contribution in [0.25, 0.3) is 11.0 Å². The van der Waals surface area contributed by atoms with Gasteiger partial charge in [0.2, 0.25) is 0 Å². The van der Waals surface area contributed by atoms with Crippen molar-refractivity contribution in [2.24, 2.45) is 0 Å². The van der Waals surface area contributed by atoms with Gasteiger partial charge in [0.15, 0.2) is 11.0 Å². The first-order valence-corrected chi connectivity index (χ1v) is 6.34. The van der Waals surface area contributed by atoms with Crippen LogP contribution in [-0.4, -0.2) is 10.3 Å². The molecule has 3 rings (SSSR count). The molecule has 1 heterocycles. The number of fused-ring (bicyclic) bond motifs is 1. The molecule has 1 aromatic heterocycles. The Bertz CT molecular complexity index is 755. The zero-order chi connectivity index (χ0) is 13.4. The molecule has 4 nitrogen and oxygen atoms in total. The van der Waals surface area contributed by atoms with Crippen LogP contribution < -0.4 is 5.32 Å². The molecule has 19 heavy (non-hydrogen) atoms. The van der Waals surface area contributed by atoms with Crippen molar-refractivity contribution < 1.29 is 4.63 Å². The molecule has 0 aliphatic heterocycles. The van der Waals surface area contributed by atoms with Crippen LogP contribution >= 0.6 is 23.2 Å². The van der Waals surface area contributed by atoms with E-state index in [0.717, 1.165) is 16.9 Å². The van der Waals surface area contributed by atoms with Crippen LogP contribution in [0.15, 0.2) is 35.0 Å². The zero-order valence-corrected chi connectivity index (χ0v) is 11.5. The van der Waals surface area contributed by atoms with Crippen LogP contribution in [0, 0.1) is 6.92 Å². The highest BCUT2D eigenvalue weighted by Gasteiger charge is 2.11. The summed E-state index contributed by atoms with van der Waals surface area (Å²) < 4.78 is 4.72. The summed E-state index contributed by atoms with van der Waals surface area (Å²) in [5.41, 5.74) is 3.75. The number of rotatable bonds is 2. The second-order valence-electron chi connectivity index (χ2n) is 4.16. The van der Waals surface area contributed by atoms with E-state index < -0.39 is 0 Å². The molecule has 96 valence electrons. The number of nitrogens with zero attached hydrogens (tertiary/aromatic N) is 2. The Balaban J connectivity index is 2.08. The van der Waals surface area contributed by atoms with E-state index in [1.807, 2.05) is 31.2 Å². The van der Waals surface area contributed by atoms with E-state index >= 15 is 0 Å². The molecular formula is C13H9Cl2N3O. The van der Waals surface area contributed by atoms with E-state index in [2.05, 4.69) is 15.6 Å². The molecule has 0 aliphatic rings. The van der Waals surface area contributed by atoms with Crippen LogP contribution in [0.3, 0.4) is 0 Å². The second-order valence-corrected chi connectivity index (χ2v) is 4.98. The fourth-order valence-corrected chi connectivity index (χ4v) is 2.17. The monoisotopic (exact) mass is 293 g/mol. The Morgan fingerprint density at radius 3 is 2.53 bits per heavy atom. The number of benzene rings is 2. The average molecular weight is 294 g/mol. The maximum Gasteiger partial charge on any atom is 0.160 e. The minimum absolute atomic E-state index is 0.497. The third-order valence-corrected chi connectivity index (χ3v) is 3.39. The molecule has 0 saturated carbocycles. The molecule has 0 amide bonds. The van der Waals surface area contributed by atoms with Crippen LogP contribution in [0.1, 0.15) is 5.56 Å². The fourth-order valence-electron chi connectivity index (χ4n) is 1.82. The van der Waals surface area contributed by atoms with Gasteiger partial charge in [-0.05, 0) is 47.1 Å². The summed E-state index contributed by atoms with van der Waals surface area (Å²) in [6.45, 7) is 2.00. The van der Waals surface area contributed by atoms with Gasteiger partial charge in [-0.3, -0.25) is 0 Å². The first kappa shape index (κ1) is 12.3. The van der Waals surface area contributed by atoms with Crippen LogP contribution in [0.4, 0.5) is 11.4 Å². The van der Waals surface area contributed by atoms with E-state index in [1.54, 1.807) is 6.07 Å². The minimum Gasteiger partial charge on any atom is -0.352 e. The molecule has 0 aliphatic carbocycles. The number of hydrogen-bond acceptors (Lipinski definition) is 4. The lowest BCUT2D eigenvalue weighted by Gasteiger charge is -2.09.